The number of amides is 1. The van der Waals surface area contributed by atoms with E-state index in [2.05, 4.69) is 16.7 Å². The molecule has 6 nitrogen and oxygen atoms in total. The van der Waals surface area contributed by atoms with Crippen LogP contribution in [0, 0.1) is 11.3 Å². The fourth-order valence-electron chi connectivity index (χ4n) is 4.06. The number of thioether (sulfide) groups is 1. The molecule has 1 aliphatic heterocycles. The van der Waals surface area contributed by atoms with Crippen LogP contribution in [0.1, 0.15) is 30.7 Å². The van der Waals surface area contributed by atoms with E-state index >= 15 is 0 Å². The Balaban J connectivity index is 1.59. The van der Waals surface area contributed by atoms with Gasteiger partial charge in [0.05, 0.1) is 35.5 Å². The summed E-state index contributed by atoms with van der Waals surface area (Å²) in [4.78, 5) is 25.4. The highest BCUT2D eigenvalue weighted by atomic mass is 35.5. The first-order valence-electron chi connectivity index (χ1n) is 10.5. The maximum atomic E-state index is 12.8. The Bertz CT molecular complexity index is 1200. The summed E-state index contributed by atoms with van der Waals surface area (Å²) in [6.07, 6.45) is 1.95. The van der Waals surface area contributed by atoms with E-state index in [0.29, 0.717) is 39.1 Å². The number of nitriles is 1. The maximum absolute atomic E-state index is 12.8. The highest BCUT2D eigenvalue weighted by Gasteiger charge is 2.37. The smallest absolute Gasteiger partial charge is 0.234 e. The lowest BCUT2D eigenvalue weighted by atomic mass is 9.77. The van der Waals surface area contributed by atoms with Crippen molar-refractivity contribution in [1.82, 2.24) is 5.32 Å². The molecule has 0 bridgehead atoms. The second kappa shape index (κ2) is 10.2. The summed E-state index contributed by atoms with van der Waals surface area (Å²) in [6.45, 7) is 0. The minimum atomic E-state index is -0.472. The predicted molar refractivity (Wildman–Crippen MR) is 130 cm³/mol. The first-order chi connectivity index (χ1) is 16.0. The molecule has 4 rings (SSSR count). The lowest BCUT2D eigenvalue weighted by molar-refractivity contribution is -0.116. The van der Waals surface area contributed by atoms with E-state index in [4.69, 9.17) is 16.3 Å². The Morgan fingerprint density at radius 3 is 2.79 bits per heavy atom. The molecule has 168 valence electrons. The summed E-state index contributed by atoms with van der Waals surface area (Å²) in [5.74, 6) is 0.129. The van der Waals surface area contributed by atoms with Crippen molar-refractivity contribution in [3.63, 3.8) is 0 Å². The number of nitrogens with one attached hydrogen (secondary N) is 2. The van der Waals surface area contributed by atoms with Crippen LogP contribution in [0.4, 0.5) is 5.69 Å². The average molecular weight is 480 g/mol. The number of dihydropyridines is 1. The zero-order valence-electron chi connectivity index (χ0n) is 18.0. The highest BCUT2D eigenvalue weighted by molar-refractivity contribution is 8.03. The minimum absolute atomic E-state index is 0.0521. The van der Waals surface area contributed by atoms with Gasteiger partial charge in [-0.25, -0.2) is 0 Å². The van der Waals surface area contributed by atoms with Crippen molar-refractivity contribution < 1.29 is 14.3 Å². The number of halogens is 1. The third-order valence-corrected chi connectivity index (χ3v) is 6.84. The third kappa shape index (κ3) is 5.08. The van der Waals surface area contributed by atoms with E-state index in [1.165, 1.54) is 11.8 Å². The second-order valence-electron chi connectivity index (χ2n) is 7.70. The van der Waals surface area contributed by atoms with Gasteiger partial charge in [0.2, 0.25) is 5.91 Å². The van der Waals surface area contributed by atoms with Gasteiger partial charge in [0.15, 0.2) is 5.78 Å². The molecule has 0 unspecified atom stereocenters. The molecule has 0 saturated carbocycles. The largest absolute Gasteiger partial charge is 0.497 e. The van der Waals surface area contributed by atoms with Gasteiger partial charge >= 0.3 is 0 Å². The Morgan fingerprint density at radius 2 is 2.06 bits per heavy atom. The molecular formula is C25H22ClN3O3S. The van der Waals surface area contributed by atoms with Gasteiger partial charge in [-0.05, 0) is 42.7 Å². The van der Waals surface area contributed by atoms with E-state index in [1.54, 1.807) is 43.5 Å². The number of hydrogen-bond acceptors (Lipinski definition) is 6. The zero-order chi connectivity index (χ0) is 23.4. The van der Waals surface area contributed by atoms with Crippen molar-refractivity contribution in [1.29, 1.82) is 5.26 Å². The normalized spacial score (nSPS) is 17.7. The zero-order valence-corrected chi connectivity index (χ0v) is 19.6. The van der Waals surface area contributed by atoms with Crippen LogP contribution in [0.5, 0.6) is 5.75 Å². The number of rotatable bonds is 6. The van der Waals surface area contributed by atoms with E-state index in [0.717, 1.165) is 24.1 Å². The molecule has 33 heavy (non-hydrogen) atoms. The average Bonchev–Trinajstić information content (AvgIpc) is 2.82. The van der Waals surface area contributed by atoms with Gasteiger partial charge in [-0.15, -0.1) is 0 Å². The number of hydrogen-bond donors (Lipinski definition) is 2. The van der Waals surface area contributed by atoms with Crippen molar-refractivity contribution >= 4 is 40.7 Å². The van der Waals surface area contributed by atoms with Gasteiger partial charge in [-0.3, -0.25) is 9.59 Å². The summed E-state index contributed by atoms with van der Waals surface area (Å²) in [5.41, 5.74) is 3.38. The molecule has 0 fully saturated rings. The molecular weight excluding hydrogens is 458 g/mol. The molecule has 0 spiro atoms. The fraction of sp³-hybridized carbons (Fsp3) is 0.240. The Kier molecular flexibility index (Phi) is 7.07. The molecule has 1 aliphatic carbocycles. The summed E-state index contributed by atoms with van der Waals surface area (Å²) in [5, 5.41) is 17.4. The van der Waals surface area contributed by atoms with Crippen molar-refractivity contribution in [2.75, 3.05) is 18.2 Å². The molecule has 0 saturated heterocycles. The van der Waals surface area contributed by atoms with Crippen molar-refractivity contribution in [3.05, 3.63) is 81.0 Å². The minimum Gasteiger partial charge on any atom is -0.497 e. The van der Waals surface area contributed by atoms with Gasteiger partial charge < -0.3 is 15.4 Å². The molecule has 0 radical (unpaired) electrons. The lowest BCUT2D eigenvalue weighted by Crippen LogP contribution is -2.31. The van der Waals surface area contributed by atoms with Crippen molar-refractivity contribution in [2.45, 2.75) is 25.2 Å². The van der Waals surface area contributed by atoms with Gasteiger partial charge in [0.25, 0.3) is 0 Å². The van der Waals surface area contributed by atoms with Gasteiger partial charge in [0, 0.05) is 34.5 Å². The number of Topliss-reactive ketones (excluding diaryl/α,β-unsaturated/α-hetero) is 1. The van der Waals surface area contributed by atoms with E-state index in [-0.39, 0.29) is 17.4 Å². The topological polar surface area (TPSA) is 91.2 Å². The molecule has 8 heteroatoms. The van der Waals surface area contributed by atoms with Crippen LogP contribution < -0.4 is 15.4 Å². The third-order valence-electron chi connectivity index (χ3n) is 5.57. The molecule has 2 N–H and O–H groups in total. The second-order valence-corrected chi connectivity index (χ2v) is 9.12. The summed E-state index contributed by atoms with van der Waals surface area (Å²) in [7, 11) is 1.57. The van der Waals surface area contributed by atoms with Gasteiger partial charge in [-0.1, -0.05) is 41.6 Å². The maximum Gasteiger partial charge on any atom is 0.234 e. The Morgan fingerprint density at radius 1 is 1.27 bits per heavy atom. The quantitative estimate of drug-likeness (QED) is 0.595. The number of carbonyl (C=O) groups is 2. The Labute approximate surface area is 201 Å². The number of methoxy groups -OCH3 is 1. The number of anilines is 1. The van der Waals surface area contributed by atoms with Gasteiger partial charge in [0.1, 0.15) is 5.75 Å². The van der Waals surface area contributed by atoms with Crippen molar-refractivity contribution in [3.8, 4) is 11.8 Å². The van der Waals surface area contributed by atoms with Gasteiger partial charge in [-0.2, -0.15) is 5.26 Å². The van der Waals surface area contributed by atoms with Crippen LogP contribution in [0.3, 0.4) is 0 Å². The lowest BCUT2D eigenvalue weighted by Gasteiger charge is -2.33. The molecule has 2 aromatic carbocycles. The number of ketones is 1. The van der Waals surface area contributed by atoms with Crippen LogP contribution in [0.25, 0.3) is 0 Å². The van der Waals surface area contributed by atoms with E-state index in [1.807, 2.05) is 12.1 Å². The SMILES string of the molecule is COc1cccc(NC(=O)CSC2=C(C#N)[C@@H](c3ccc(Cl)cc3)C3=C(CCCC3=O)N2)c1. The Hall–Kier alpha value is -3.21. The van der Waals surface area contributed by atoms with Crippen LogP contribution in [0.2, 0.25) is 5.02 Å². The molecule has 2 aromatic rings. The number of benzene rings is 2. The van der Waals surface area contributed by atoms with Crippen molar-refractivity contribution in [2.24, 2.45) is 0 Å². The van der Waals surface area contributed by atoms with Crippen LogP contribution in [0.15, 0.2) is 70.4 Å². The number of allylic oxidation sites excluding steroid dienone is 3. The standard InChI is InChI=1S/C25H22ClN3O3S/c1-32-18-5-2-4-17(12-18)28-22(31)14-33-25-19(13-27)23(15-8-10-16(26)11-9-15)24-20(29-25)6-3-7-21(24)30/h2,4-5,8-12,23,29H,3,6-7,14H2,1H3,(H,28,31)/t23-/m1/s1. The monoisotopic (exact) mass is 479 g/mol. The molecule has 1 atom stereocenters. The molecule has 0 aromatic heterocycles. The molecule has 1 heterocycles. The molecule has 1 amide bonds. The first kappa shape index (κ1) is 23.0. The van der Waals surface area contributed by atoms with E-state index in [9.17, 15) is 14.9 Å². The number of ether oxygens (including phenoxy) is 1. The predicted octanol–water partition coefficient (Wildman–Crippen LogP) is 5.15. The van der Waals surface area contributed by atoms with Crippen LogP contribution >= 0.6 is 23.4 Å². The highest BCUT2D eigenvalue weighted by Crippen LogP contribution is 2.44. The number of nitrogens with zero attached hydrogens (tertiary/aromatic N) is 1. The summed E-state index contributed by atoms with van der Waals surface area (Å²) in [6, 6.07) is 16.6. The summed E-state index contributed by atoms with van der Waals surface area (Å²) >= 11 is 7.32. The summed E-state index contributed by atoms with van der Waals surface area (Å²) < 4.78 is 5.19. The first-order valence-corrected chi connectivity index (χ1v) is 11.9. The van der Waals surface area contributed by atoms with Crippen LogP contribution in [-0.2, 0) is 9.59 Å². The fourth-order valence-corrected chi connectivity index (χ4v) is 5.05. The van der Waals surface area contributed by atoms with E-state index < -0.39 is 5.92 Å². The molecule has 2 aliphatic rings. The van der Waals surface area contributed by atoms with Crippen LogP contribution in [-0.4, -0.2) is 24.6 Å². The number of carbonyl (C=O) groups excluding carboxylic acids is 2.